The largest absolute Gasteiger partial charge is 0.518 e. The average molecular weight is 440 g/mol. The van der Waals surface area contributed by atoms with Crippen LogP contribution in [0.1, 0.15) is 104 Å². The predicted octanol–water partition coefficient (Wildman–Crippen LogP) is 6.65. The lowest BCUT2D eigenvalue weighted by Crippen LogP contribution is -2.55. The molecule has 0 heterocycles. The van der Waals surface area contributed by atoms with Crippen molar-refractivity contribution in [3.8, 4) is 0 Å². The minimum Gasteiger partial charge on any atom is -0.518 e. The summed E-state index contributed by atoms with van der Waals surface area (Å²) in [4.78, 5) is 13.9. The minimum atomic E-state index is -2.23. The van der Waals surface area contributed by atoms with Crippen molar-refractivity contribution in [3.05, 3.63) is 0 Å². The lowest BCUT2D eigenvalue weighted by molar-refractivity contribution is -0.140. The van der Waals surface area contributed by atoms with Gasteiger partial charge in [-0.25, -0.2) is 0 Å². The standard InChI is InChI=1S/C23H43O4Si2/c1-5-23(2,28(25-3)26-4)22(24)27-29(20-15-9-10-16-20,21-17-11-12-18-21)19-13-7-6-8-14-19/h19-21H,5-18H2,1-4H3. The highest BCUT2D eigenvalue weighted by Crippen LogP contribution is 2.59. The molecule has 0 amide bonds. The molecule has 0 aliphatic heterocycles. The number of hydrogen-bond acceptors (Lipinski definition) is 4. The maximum Gasteiger partial charge on any atom is 0.402 e. The quantitative estimate of drug-likeness (QED) is 0.377. The van der Waals surface area contributed by atoms with Gasteiger partial charge >= 0.3 is 9.28 Å². The van der Waals surface area contributed by atoms with Gasteiger partial charge in [0.25, 0.3) is 14.3 Å². The Balaban J connectivity index is 1.97. The Hall–Kier alpha value is -0.176. The maximum atomic E-state index is 13.9. The Morgan fingerprint density at radius 2 is 1.21 bits per heavy atom. The maximum absolute atomic E-state index is 13.9. The molecule has 1 atom stereocenters. The van der Waals surface area contributed by atoms with Crippen LogP contribution in [-0.2, 0) is 18.1 Å². The van der Waals surface area contributed by atoms with Gasteiger partial charge in [0.05, 0.1) is 0 Å². The summed E-state index contributed by atoms with van der Waals surface area (Å²) < 4.78 is 18.4. The monoisotopic (exact) mass is 439 g/mol. The first-order chi connectivity index (χ1) is 14.0. The highest BCUT2D eigenvalue weighted by atomic mass is 28.4. The van der Waals surface area contributed by atoms with Gasteiger partial charge in [0.2, 0.25) is 0 Å². The third kappa shape index (κ3) is 4.56. The van der Waals surface area contributed by atoms with Crippen LogP contribution < -0.4 is 0 Å². The van der Waals surface area contributed by atoms with Gasteiger partial charge in [-0.3, -0.25) is 4.79 Å². The van der Waals surface area contributed by atoms with Crippen LogP contribution >= 0.6 is 0 Å². The Labute approximate surface area is 181 Å². The van der Waals surface area contributed by atoms with Crippen molar-refractivity contribution in [2.45, 2.75) is 125 Å². The van der Waals surface area contributed by atoms with Crippen LogP contribution in [-0.4, -0.2) is 37.8 Å². The molecular weight excluding hydrogens is 396 g/mol. The van der Waals surface area contributed by atoms with Gasteiger partial charge in [-0.2, -0.15) is 0 Å². The second-order valence-corrected chi connectivity index (χ2v) is 16.8. The van der Waals surface area contributed by atoms with Crippen LogP contribution in [0.2, 0.25) is 21.7 Å². The number of carbonyl (C=O) groups excluding carboxylic acids is 1. The molecule has 29 heavy (non-hydrogen) atoms. The lowest BCUT2D eigenvalue weighted by Gasteiger charge is -2.49. The molecule has 0 aromatic carbocycles. The molecule has 0 bridgehead atoms. The van der Waals surface area contributed by atoms with Crippen LogP contribution in [0.4, 0.5) is 0 Å². The first-order valence-electron chi connectivity index (χ1n) is 12.2. The fraction of sp³-hybridized carbons (Fsp3) is 0.957. The van der Waals surface area contributed by atoms with Crippen LogP contribution in [0, 0.1) is 0 Å². The first-order valence-corrected chi connectivity index (χ1v) is 15.7. The van der Waals surface area contributed by atoms with Gasteiger partial charge in [-0.05, 0) is 68.5 Å². The molecule has 1 radical (unpaired) electrons. The van der Waals surface area contributed by atoms with E-state index in [-0.39, 0.29) is 5.97 Å². The highest BCUT2D eigenvalue weighted by Gasteiger charge is 2.60. The van der Waals surface area contributed by atoms with E-state index < -0.39 is 22.6 Å². The van der Waals surface area contributed by atoms with E-state index >= 15 is 0 Å². The summed E-state index contributed by atoms with van der Waals surface area (Å²) in [5.41, 5.74) is 2.03. The Morgan fingerprint density at radius 1 is 0.828 bits per heavy atom. The van der Waals surface area contributed by atoms with Gasteiger partial charge in [-0.1, -0.05) is 51.9 Å². The zero-order valence-corrected chi connectivity index (χ0v) is 21.3. The van der Waals surface area contributed by atoms with Crippen LogP contribution in [0.5, 0.6) is 0 Å². The van der Waals surface area contributed by atoms with Gasteiger partial charge in [-0.15, -0.1) is 0 Å². The van der Waals surface area contributed by atoms with Crippen molar-refractivity contribution < 1.29 is 18.1 Å². The van der Waals surface area contributed by atoms with E-state index in [4.69, 9.17) is 13.3 Å². The number of carbonyl (C=O) groups is 1. The third-order valence-electron chi connectivity index (χ3n) is 8.48. The zero-order chi connectivity index (χ0) is 20.9. The molecule has 3 aliphatic carbocycles. The highest BCUT2D eigenvalue weighted by molar-refractivity contribution is 6.80. The summed E-state index contributed by atoms with van der Waals surface area (Å²) in [6.07, 6.45) is 17.8. The Kier molecular flexibility index (Phi) is 8.44. The predicted molar refractivity (Wildman–Crippen MR) is 122 cm³/mol. The summed E-state index contributed by atoms with van der Waals surface area (Å²) in [5.74, 6) is 0.00799. The fourth-order valence-corrected chi connectivity index (χ4v) is 15.4. The summed E-state index contributed by atoms with van der Waals surface area (Å²) in [6, 6.07) is 0. The van der Waals surface area contributed by atoms with E-state index in [1.807, 2.05) is 6.92 Å². The third-order valence-corrected chi connectivity index (χ3v) is 16.8. The van der Waals surface area contributed by atoms with E-state index in [0.717, 1.165) is 0 Å². The summed E-state index contributed by atoms with van der Waals surface area (Å²) in [5, 5.41) is -0.641. The Morgan fingerprint density at radius 3 is 1.55 bits per heavy atom. The molecule has 3 rings (SSSR count). The van der Waals surface area contributed by atoms with Gasteiger partial charge in [0.1, 0.15) is 5.04 Å². The van der Waals surface area contributed by atoms with Gasteiger partial charge in [0.15, 0.2) is 0 Å². The van der Waals surface area contributed by atoms with Crippen molar-refractivity contribution in [2.75, 3.05) is 14.2 Å². The van der Waals surface area contributed by atoms with E-state index in [2.05, 4.69) is 6.92 Å². The van der Waals surface area contributed by atoms with Crippen LogP contribution in [0.3, 0.4) is 0 Å². The number of rotatable bonds is 9. The molecule has 3 fully saturated rings. The number of hydrogen-bond donors (Lipinski definition) is 0. The zero-order valence-electron chi connectivity index (χ0n) is 19.3. The molecule has 0 aromatic rings. The molecule has 4 nitrogen and oxygen atoms in total. The normalized spacial score (nSPS) is 24.9. The molecule has 6 heteroatoms. The van der Waals surface area contributed by atoms with Crippen LogP contribution in [0.15, 0.2) is 0 Å². The summed E-state index contributed by atoms with van der Waals surface area (Å²) in [7, 11) is -0.585. The fourth-order valence-electron chi connectivity index (χ4n) is 6.74. The molecule has 0 aromatic heterocycles. The van der Waals surface area contributed by atoms with Crippen molar-refractivity contribution in [1.29, 1.82) is 0 Å². The first kappa shape index (κ1) is 23.5. The smallest absolute Gasteiger partial charge is 0.402 e. The summed E-state index contributed by atoms with van der Waals surface area (Å²) in [6.45, 7) is 4.11. The van der Waals surface area contributed by atoms with E-state index in [9.17, 15) is 4.79 Å². The second kappa shape index (κ2) is 10.4. The van der Waals surface area contributed by atoms with Crippen molar-refractivity contribution >= 4 is 23.6 Å². The molecule has 0 spiro atoms. The molecule has 3 aliphatic rings. The molecular formula is C23H43O4Si2. The molecule has 3 saturated carbocycles. The van der Waals surface area contributed by atoms with Crippen molar-refractivity contribution in [1.82, 2.24) is 0 Å². The molecule has 167 valence electrons. The molecule has 1 unspecified atom stereocenters. The van der Waals surface area contributed by atoms with Crippen LogP contribution in [0.25, 0.3) is 0 Å². The van der Waals surface area contributed by atoms with E-state index in [1.54, 1.807) is 14.2 Å². The SMILES string of the molecule is CCC(C)(C(=O)O[Si](C1CCCCC1)(C1CCCC1)C1CCCC1)[Si](OC)OC. The van der Waals surface area contributed by atoms with Crippen molar-refractivity contribution in [2.24, 2.45) is 0 Å². The topological polar surface area (TPSA) is 44.8 Å². The minimum absolute atomic E-state index is 0.00799. The van der Waals surface area contributed by atoms with Crippen molar-refractivity contribution in [3.63, 3.8) is 0 Å². The molecule has 0 saturated heterocycles. The molecule has 0 N–H and O–H groups in total. The summed E-state index contributed by atoms with van der Waals surface area (Å²) >= 11 is 0. The van der Waals surface area contributed by atoms with Gasteiger partial charge < -0.3 is 13.3 Å². The lowest BCUT2D eigenvalue weighted by atomic mass is 10.0. The average Bonchev–Trinajstić information content (AvgIpc) is 3.48. The van der Waals surface area contributed by atoms with E-state index in [0.29, 0.717) is 23.0 Å². The van der Waals surface area contributed by atoms with E-state index in [1.165, 1.54) is 83.5 Å². The second-order valence-electron chi connectivity index (χ2n) is 9.92. The van der Waals surface area contributed by atoms with Gasteiger partial charge in [0, 0.05) is 14.2 Å². The Bertz CT molecular complexity index is 505.